The second-order valence-corrected chi connectivity index (χ2v) is 6.04. The quantitative estimate of drug-likeness (QED) is 0.716. The minimum atomic E-state index is -1.07. The number of carbonyl (C=O) groups is 1. The van der Waals surface area contributed by atoms with Crippen molar-refractivity contribution in [3.8, 4) is 10.8 Å². The Morgan fingerprint density at radius 2 is 2.29 bits per heavy atom. The summed E-state index contributed by atoms with van der Waals surface area (Å²) >= 11 is 2.83. The molecule has 0 amide bonds. The molecule has 0 bridgehead atoms. The van der Waals surface area contributed by atoms with E-state index in [1.54, 1.807) is 13.0 Å². The summed E-state index contributed by atoms with van der Waals surface area (Å²) in [6.07, 6.45) is 0. The maximum absolute atomic E-state index is 10.9. The van der Waals surface area contributed by atoms with Gasteiger partial charge in [0.2, 0.25) is 5.76 Å². The molecule has 0 aromatic carbocycles. The van der Waals surface area contributed by atoms with E-state index in [9.17, 15) is 4.79 Å². The van der Waals surface area contributed by atoms with Gasteiger partial charge in [-0.3, -0.25) is 0 Å². The number of aromatic nitrogens is 2. The van der Waals surface area contributed by atoms with Gasteiger partial charge in [0, 0.05) is 5.56 Å². The molecule has 0 spiro atoms. The lowest BCUT2D eigenvalue weighted by Gasteiger charge is -1.92. The Balaban J connectivity index is 1.68. The molecule has 8 heteroatoms. The number of hydrogen-bond acceptors (Lipinski definition) is 7. The fourth-order valence-electron chi connectivity index (χ4n) is 1.73. The van der Waals surface area contributed by atoms with Gasteiger partial charge >= 0.3 is 5.97 Å². The second kappa shape index (κ2) is 5.74. The lowest BCUT2D eigenvalue weighted by Crippen LogP contribution is -1.94. The third-order valence-corrected chi connectivity index (χ3v) is 4.34. The molecular formula is C13H10N2O4S2. The Labute approximate surface area is 127 Å². The second-order valence-electron chi connectivity index (χ2n) is 4.17. The van der Waals surface area contributed by atoms with Crippen molar-refractivity contribution in [2.24, 2.45) is 0 Å². The van der Waals surface area contributed by atoms with E-state index in [4.69, 9.17) is 13.9 Å². The molecule has 0 saturated carbocycles. The number of thiophene rings is 1. The van der Waals surface area contributed by atoms with Crippen LogP contribution in [-0.2, 0) is 5.75 Å². The molecule has 0 saturated heterocycles. The Kier molecular flexibility index (Phi) is 3.80. The number of carboxylic acid groups (broad SMARTS) is 1. The Bertz CT molecular complexity index is 761. The Hall–Kier alpha value is -2.06. The molecule has 0 unspecified atom stereocenters. The highest BCUT2D eigenvalue weighted by Gasteiger charge is 2.16. The van der Waals surface area contributed by atoms with Gasteiger partial charge in [0.05, 0.1) is 10.6 Å². The fourth-order valence-corrected chi connectivity index (χ4v) is 3.02. The fraction of sp³-hybridized carbons (Fsp3) is 0.154. The van der Waals surface area contributed by atoms with Gasteiger partial charge < -0.3 is 13.9 Å². The molecule has 3 rings (SSSR count). The summed E-state index contributed by atoms with van der Waals surface area (Å²) in [5.41, 5.74) is 0.600. The SMILES string of the molecule is Cc1cc(CSc2nnc(-c3cccs3)o2)oc1C(=O)O. The van der Waals surface area contributed by atoms with Crippen LogP contribution in [0, 0.1) is 6.92 Å². The van der Waals surface area contributed by atoms with Gasteiger partial charge in [0.15, 0.2) is 0 Å². The van der Waals surface area contributed by atoms with Crippen LogP contribution in [0.2, 0.25) is 0 Å². The van der Waals surface area contributed by atoms with E-state index in [1.807, 2.05) is 17.5 Å². The first-order chi connectivity index (χ1) is 10.1. The van der Waals surface area contributed by atoms with E-state index in [0.717, 1.165) is 4.88 Å². The number of aromatic carboxylic acids is 1. The van der Waals surface area contributed by atoms with Crippen LogP contribution in [0.5, 0.6) is 0 Å². The molecule has 0 fully saturated rings. The summed E-state index contributed by atoms with van der Waals surface area (Å²) in [4.78, 5) is 11.8. The molecule has 0 aliphatic heterocycles. The molecule has 0 radical (unpaired) electrons. The minimum Gasteiger partial charge on any atom is -0.475 e. The van der Waals surface area contributed by atoms with E-state index in [1.165, 1.54) is 23.1 Å². The van der Waals surface area contributed by atoms with Crippen LogP contribution in [0.1, 0.15) is 21.9 Å². The van der Waals surface area contributed by atoms with E-state index in [-0.39, 0.29) is 5.76 Å². The molecule has 3 aromatic heterocycles. The predicted molar refractivity (Wildman–Crippen MR) is 77.6 cm³/mol. The van der Waals surface area contributed by atoms with Crippen LogP contribution in [0.3, 0.4) is 0 Å². The van der Waals surface area contributed by atoms with E-state index in [2.05, 4.69) is 10.2 Å². The summed E-state index contributed by atoms with van der Waals surface area (Å²) in [5, 5.41) is 19.2. The van der Waals surface area contributed by atoms with E-state index in [0.29, 0.717) is 28.2 Å². The largest absolute Gasteiger partial charge is 0.475 e. The molecule has 1 N–H and O–H groups in total. The first kappa shape index (κ1) is 13.9. The van der Waals surface area contributed by atoms with Crippen LogP contribution < -0.4 is 0 Å². The van der Waals surface area contributed by atoms with Gasteiger partial charge in [-0.1, -0.05) is 17.8 Å². The minimum absolute atomic E-state index is 0.0320. The van der Waals surface area contributed by atoms with Crippen molar-refractivity contribution in [1.82, 2.24) is 10.2 Å². The summed E-state index contributed by atoms with van der Waals surface area (Å²) in [7, 11) is 0. The number of hydrogen-bond donors (Lipinski definition) is 1. The van der Waals surface area contributed by atoms with Crippen molar-refractivity contribution >= 4 is 29.1 Å². The lowest BCUT2D eigenvalue weighted by molar-refractivity contribution is 0.0659. The number of rotatable bonds is 5. The maximum atomic E-state index is 10.9. The third-order valence-electron chi connectivity index (χ3n) is 2.64. The molecule has 21 heavy (non-hydrogen) atoms. The van der Waals surface area contributed by atoms with Crippen LogP contribution in [0.15, 0.2) is 37.6 Å². The zero-order valence-electron chi connectivity index (χ0n) is 10.9. The van der Waals surface area contributed by atoms with Crippen molar-refractivity contribution < 1.29 is 18.7 Å². The predicted octanol–water partition coefficient (Wildman–Crippen LogP) is 3.69. The topological polar surface area (TPSA) is 89.4 Å². The maximum Gasteiger partial charge on any atom is 0.372 e. The zero-order valence-corrected chi connectivity index (χ0v) is 12.5. The smallest absolute Gasteiger partial charge is 0.372 e. The normalized spacial score (nSPS) is 10.9. The molecule has 6 nitrogen and oxygen atoms in total. The Morgan fingerprint density at radius 1 is 1.43 bits per heavy atom. The monoisotopic (exact) mass is 322 g/mol. The molecule has 3 heterocycles. The molecule has 0 aliphatic rings. The number of aryl methyl sites for hydroxylation is 1. The lowest BCUT2D eigenvalue weighted by atomic mass is 10.3. The zero-order chi connectivity index (χ0) is 14.8. The van der Waals surface area contributed by atoms with Gasteiger partial charge in [-0.2, -0.15) is 0 Å². The third kappa shape index (κ3) is 3.01. The molecule has 108 valence electrons. The molecular weight excluding hydrogens is 312 g/mol. The highest BCUT2D eigenvalue weighted by molar-refractivity contribution is 7.98. The van der Waals surface area contributed by atoms with E-state index >= 15 is 0 Å². The number of carboxylic acids is 1. The summed E-state index contributed by atoms with van der Waals surface area (Å²) in [6, 6.07) is 5.52. The van der Waals surface area contributed by atoms with Crippen molar-refractivity contribution in [2.75, 3.05) is 0 Å². The summed E-state index contributed by atoms with van der Waals surface area (Å²) in [5.74, 6) is 0.372. The number of thioether (sulfide) groups is 1. The molecule has 3 aromatic rings. The van der Waals surface area contributed by atoms with Crippen LogP contribution in [0.4, 0.5) is 0 Å². The van der Waals surface area contributed by atoms with Crippen molar-refractivity contribution in [3.05, 3.63) is 40.7 Å². The van der Waals surface area contributed by atoms with Crippen LogP contribution >= 0.6 is 23.1 Å². The highest BCUT2D eigenvalue weighted by Crippen LogP contribution is 2.29. The van der Waals surface area contributed by atoms with Gasteiger partial charge in [0.25, 0.3) is 11.1 Å². The summed E-state index contributed by atoms with van der Waals surface area (Å²) < 4.78 is 10.8. The Morgan fingerprint density at radius 3 is 2.95 bits per heavy atom. The van der Waals surface area contributed by atoms with Gasteiger partial charge in [-0.15, -0.1) is 21.5 Å². The molecule has 0 atom stereocenters. The van der Waals surface area contributed by atoms with Gasteiger partial charge in [-0.05, 0) is 24.4 Å². The van der Waals surface area contributed by atoms with Crippen LogP contribution in [0.25, 0.3) is 10.8 Å². The number of furan rings is 1. The highest BCUT2D eigenvalue weighted by atomic mass is 32.2. The average Bonchev–Trinajstić information content (AvgIpc) is 3.16. The van der Waals surface area contributed by atoms with E-state index < -0.39 is 5.97 Å². The van der Waals surface area contributed by atoms with Crippen molar-refractivity contribution in [2.45, 2.75) is 17.9 Å². The van der Waals surface area contributed by atoms with Crippen molar-refractivity contribution in [3.63, 3.8) is 0 Å². The first-order valence-corrected chi connectivity index (χ1v) is 7.83. The molecule has 0 aliphatic carbocycles. The van der Waals surface area contributed by atoms with Gasteiger partial charge in [0.1, 0.15) is 5.76 Å². The van der Waals surface area contributed by atoms with Crippen molar-refractivity contribution in [1.29, 1.82) is 0 Å². The van der Waals surface area contributed by atoms with Gasteiger partial charge in [-0.25, -0.2) is 4.79 Å². The summed E-state index contributed by atoms with van der Waals surface area (Å²) in [6.45, 7) is 1.70. The number of nitrogens with zero attached hydrogens (tertiary/aromatic N) is 2. The average molecular weight is 322 g/mol. The van der Waals surface area contributed by atoms with Crippen LogP contribution in [-0.4, -0.2) is 21.3 Å². The first-order valence-electron chi connectivity index (χ1n) is 5.96. The standard InChI is InChI=1S/C13H10N2O4S2/c1-7-5-8(18-10(7)12(16)17)6-21-13-15-14-11(19-13)9-3-2-4-20-9/h2-5H,6H2,1H3,(H,16,17).